The molecule has 39 heavy (non-hydrogen) atoms. The molecule has 0 unspecified atom stereocenters. The van der Waals surface area contributed by atoms with Crippen LogP contribution in [0.3, 0.4) is 0 Å². The molecule has 2 aliphatic heterocycles. The van der Waals surface area contributed by atoms with Crippen molar-refractivity contribution in [3.63, 3.8) is 0 Å². The van der Waals surface area contributed by atoms with Crippen molar-refractivity contribution < 1.29 is 23.8 Å². The summed E-state index contributed by atoms with van der Waals surface area (Å²) < 4.78 is 17.3. The largest absolute Gasteiger partial charge is 0.488 e. The molecule has 3 aromatic carbocycles. The standard InChI is InChI=1S/C31H23N3O5/c32-17-24-14-20(8-10-33-24)19-39-29-16-22(4-5-23(29)18-35)31(36)34-11-9-26-25(2-1-3-27(26)34)21-6-7-28-30(15-21)38-13-12-37-28/h1-8,10,14-16,18H,9,11-13,19H2. The highest BCUT2D eigenvalue weighted by atomic mass is 16.6. The molecule has 6 rings (SSSR count). The highest BCUT2D eigenvalue weighted by Gasteiger charge is 2.28. The normalized spacial score (nSPS) is 13.4. The minimum Gasteiger partial charge on any atom is -0.488 e. The third kappa shape index (κ3) is 4.66. The smallest absolute Gasteiger partial charge is 0.258 e. The summed E-state index contributed by atoms with van der Waals surface area (Å²) in [4.78, 5) is 31.0. The molecule has 0 fully saturated rings. The molecule has 0 aliphatic carbocycles. The van der Waals surface area contributed by atoms with Crippen LogP contribution in [0.5, 0.6) is 17.2 Å². The molecule has 2 aliphatic rings. The van der Waals surface area contributed by atoms with Crippen LogP contribution < -0.4 is 19.1 Å². The third-order valence-corrected chi connectivity index (χ3v) is 6.85. The summed E-state index contributed by atoms with van der Waals surface area (Å²) in [6.07, 6.45) is 2.94. The lowest BCUT2D eigenvalue weighted by Gasteiger charge is -2.20. The zero-order valence-electron chi connectivity index (χ0n) is 20.9. The predicted octanol–water partition coefficient (Wildman–Crippen LogP) is 4.99. The number of nitrogens with zero attached hydrogens (tertiary/aromatic N) is 3. The number of rotatable bonds is 6. The van der Waals surface area contributed by atoms with E-state index in [1.54, 1.807) is 35.2 Å². The Morgan fingerprint density at radius 2 is 1.92 bits per heavy atom. The van der Waals surface area contributed by atoms with Gasteiger partial charge in [0.05, 0.1) is 5.56 Å². The second-order valence-corrected chi connectivity index (χ2v) is 9.19. The average Bonchev–Trinajstić information content (AvgIpc) is 3.44. The van der Waals surface area contributed by atoms with Crippen molar-refractivity contribution in [1.29, 1.82) is 5.26 Å². The average molecular weight is 518 g/mol. The van der Waals surface area contributed by atoms with Crippen molar-refractivity contribution in [2.75, 3.05) is 24.7 Å². The first kappa shape index (κ1) is 24.2. The number of fused-ring (bicyclic) bond motifs is 2. The Morgan fingerprint density at radius 3 is 2.77 bits per heavy atom. The van der Waals surface area contributed by atoms with Gasteiger partial charge >= 0.3 is 0 Å². The number of carbonyl (C=O) groups excluding carboxylic acids is 2. The van der Waals surface area contributed by atoms with Crippen molar-refractivity contribution in [3.8, 4) is 34.4 Å². The van der Waals surface area contributed by atoms with Crippen LogP contribution in [-0.2, 0) is 13.0 Å². The van der Waals surface area contributed by atoms with Crippen molar-refractivity contribution in [2.45, 2.75) is 13.0 Å². The molecular weight excluding hydrogens is 494 g/mol. The molecule has 192 valence electrons. The molecule has 3 heterocycles. The van der Waals surface area contributed by atoms with Crippen molar-refractivity contribution in [3.05, 3.63) is 101 Å². The van der Waals surface area contributed by atoms with Gasteiger partial charge in [0.15, 0.2) is 17.8 Å². The predicted molar refractivity (Wildman–Crippen MR) is 143 cm³/mol. The quantitative estimate of drug-likeness (QED) is 0.332. The Balaban J connectivity index is 1.26. The van der Waals surface area contributed by atoms with E-state index in [-0.39, 0.29) is 18.2 Å². The van der Waals surface area contributed by atoms with Gasteiger partial charge in [-0.2, -0.15) is 5.26 Å². The zero-order chi connectivity index (χ0) is 26.8. The fraction of sp³-hybridized carbons (Fsp3) is 0.161. The van der Waals surface area contributed by atoms with Gasteiger partial charge in [0.1, 0.15) is 37.3 Å². The maximum atomic E-state index is 13.7. The fourth-order valence-corrected chi connectivity index (χ4v) is 4.96. The third-order valence-electron chi connectivity index (χ3n) is 6.85. The molecular formula is C31H23N3O5. The van der Waals surface area contributed by atoms with Crippen LogP contribution in [0.4, 0.5) is 5.69 Å². The number of aromatic nitrogens is 1. The molecule has 1 aromatic heterocycles. The minimum absolute atomic E-state index is 0.126. The van der Waals surface area contributed by atoms with E-state index in [1.165, 1.54) is 6.20 Å². The number of nitriles is 1. The molecule has 0 bridgehead atoms. The molecule has 0 saturated heterocycles. The van der Waals surface area contributed by atoms with Crippen LogP contribution in [-0.4, -0.2) is 36.9 Å². The monoisotopic (exact) mass is 517 g/mol. The van der Waals surface area contributed by atoms with E-state index in [0.717, 1.165) is 39.4 Å². The first-order chi connectivity index (χ1) is 19.1. The highest BCUT2D eigenvalue weighted by molar-refractivity contribution is 6.08. The van der Waals surface area contributed by atoms with Gasteiger partial charge in [-0.3, -0.25) is 9.59 Å². The summed E-state index contributed by atoms with van der Waals surface area (Å²) in [6.45, 7) is 1.72. The van der Waals surface area contributed by atoms with Gasteiger partial charge in [-0.05, 0) is 77.2 Å². The van der Waals surface area contributed by atoms with Gasteiger partial charge in [0, 0.05) is 24.0 Å². The second kappa shape index (κ2) is 10.3. The van der Waals surface area contributed by atoms with E-state index >= 15 is 0 Å². The summed E-state index contributed by atoms with van der Waals surface area (Å²) in [7, 11) is 0. The number of benzene rings is 3. The maximum Gasteiger partial charge on any atom is 0.258 e. The fourth-order valence-electron chi connectivity index (χ4n) is 4.96. The van der Waals surface area contributed by atoms with Crippen molar-refractivity contribution >= 4 is 17.9 Å². The zero-order valence-corrected chi connectivity index (χ0v) is 20.9. The summed E-state index contributed by atoms with van der Waals surface area (Å²) in [5.41, 5.74) is 5.77. The van der Waals surface area contributed by atoms with E-state index < -0.39 is 0 Å². The van der Waals surface area contributed by atoms with Crippen molar-refractivity contribution in [1.82, 2.24) is 4.98 Å². The maximum absolute atomic E-state index is 13.7. The van der Waals surface area contributed by atoms with Crippen molar-refractivity contribution in [2.24, 2.45) is 0 Å². The number of pyridine rings is 1. The molecule has 8 heteroatoms. The van der Waals surface area contributed by atoms with Crippen LogP contribution >= 0.6 is 0 Å². The van der Waals surface area contributed by atoms with E-state index in [0.29, 0.717) is 49.3 Å². The highest BCUT2D eigenvalue weighted by Crippen LogP contribution is 2.40. The summed E-state index contributed by atoms with van der Waals surface area (Å²) in [5.74, 6) is 1.59. The van der Waals surface area contributed by atoms with Gasteiger partial charge in [-0.25, -0.2) is 4.98 Å². The van der Waals surface area contributed by atoms with Crippen LogP contribution in [0, 0.1) is 11.3 Å². The molecule has 4 aromatic rings. The Labute approximate surface area is 225 Å². The van der Waals surface area contributed by atoms with E-state index in [2.05, 4.69) is 11.1 Å². The summed E-state index contributed by atoms with van der Waals surface area (Å²) in [5, 5.41) is 9.08. The summed E-state index contributed by atoms with van der Waals surface area (Å²) in [6, 6.07) is 22.1. The second-order valence-electron chi connectivity index (χ2n) is 9.19. The lowest BCUT2D eigenvalue weighted by Crippen LogP contribution is -2.28. The molecule has 1 amide bonds. The van der Waals surface area contributed by atoms with Crippen LogP contribution in [0.2, 0.25) is 0 Å². The Hall–Kier alpha value is -5.16. The van der Waals surface area contributed by atoms with E-state index in [1.807, 2.05) is 36.4 Å². The number of carbonyl (C=O) groups is 2. The number of amides is 1. The lowest BCUT2D eigenvalue weighted by molar-refractivity contribution is 0.0987. The Kier molecular flexibility index (Phi) is 6.39. The molecule has 0 atom stereocenters. The van der Waals surface area contributed by atoms with E-state index in [4.69, 9.17) is 19.5 Å². The lowest BCUT2D eigenvalue weighted by atomic mass is 9.97. The molecule has 0 N–H and O–H groups in total. The SMILES string of the molecule is N#Cc1cc(COc2cc(C(=O)N3CCc4c(-c5ccc6c(c5)OCCO6)cccc43)ccc2C=O)ccn1. The van der Waals surface area contributed by atoms with E-state index in [9.17, 15) is 9.59 Å². The van der Waals surface area contributed by atoms with Gasteiger partial charge in [-0.1, -0.05) is 18.2 Å². The molecule has 0 spiro atoms. The van der Waals surface area contributed by atoms with Gasteiger partial charge in [0.25, 0.3) is 5.91 Å². The van der Waals surface area contributed by atoms with Crippen LogP contribution in [0.15, 0.2) is 72.9 Å². The number of hydrogen-bond acceptors (Lipinski definition) is 7. The number of aldehydes is 1. The summed E-state index contributed by atoms with van der Waals surface area (Å²) >= 11 is 0. The minimum atomic E-state index is -0.175. The van der Waals surface area contributed by atoms with Gasteiger partial charge in [0.2, 0.25) is 0 Å². The van der Waals surface area contributed by atoms with Gasteiger partial charge in [-0.15, -0.1) is 0 Å². The Bertz CT molecular complexity index is 1640. The molecule has 8 nitrogen and oxygen atoms in total. The first-order valence-electron chi connectivity index (χ1n) is 12.6. The molecule has 0 radical (unpaired) electrons. The number of ether oxygens (including phenoxy) is 3. The number of hydrogen-bond donors (Lipinski definition) is 0. The number of anilines is 1. The van der Waals surface area contributed by atoms with Gasteiger partial charge < -0.3 is 19.1 Å². The van der Waals surface area contributed by atoms with Crippen LogP contribution in [0.25, 0.3) is 11.1 Å². The van der Waals surface area contributed by atoms with Crippen LogP contribution in [0.1, 0.15) is 37.5 Å². The Morgan fingerprint density at radius 1 is 1.05 bits per heavy atom. The topological polar surface area (TPSA) is 102 Å². The molecule has 0 saturated carbocycles. The first-order valence-corrected chi connectivity index (χ1v) is 12.6.